The summed E-state index contributed by atoms with van der Waals surface area (Å²) in [6.45, 7) is 4.86. The van der Waals surface area contributed by atoms with Gasteiger partial charge in [0.05, 0.1) is 17.1 Å². The number of pyridine rings is 1. The van der Waals surface area contributed by atoms with Crippen LogP contribution in [0.25, 0.3) is 16.9 Å². The molecule has 0 aliphatic carbocycles. The average molecular weight is 354 g/mol. The maximum absolute atomic E-state index is 4.70. The van der Waals surface area contributed by atoms with Crippen molar-refractivity contribution in [3.05, 3.63) is 95.8 Å². The lowest BCUT2D eigenvalue weighted by atomic mass is 10.1. The molecule has 2 heterocycles. The van der Waals surface area contributed by atoms with Crippen LogP contribution in [0.4, 0.5) is 5.82 Å². The maximum Gasteiger partial charge on any atom is 0.126 e. The fourth-order valence-electron chi connectivity index (χ4n) is 3.14. The lowest BCUT2D eigenvalue weighted by molar-refractivity contribution is 0.868. The summed E-state index contributed by atoms with van der Waals surface area (Å²) in [6.07, 6.45) is 1.84. The van der Waals surface area contributed by atoms with E-state index in [1.54, 1.807) is 0 Å². The topological polar surface area (TPSA) is 42.7 Å². The number of nitrogens with one attached hydrogen (secondary N) is 1. The third-order valence-electron chi connectivity index (χ3n) is 4.45. The van der Waals surface area contributed by atoms with Crippen molar-refractivity contribution < 1.29 is 0 Å². The fraction of sp³-hybridized carbons (Fsp3) is 0.130. The first-order valence-corrected chi connectivity index (χ1v) is 9.07. The second-order valence-corrected chi connectivity index (χ2v) is 6.69. The molecule has 4 heteroatoms. The summed E-state index contributed by atoms with van der Waals surface area (Å²) in [7, 11) is 0. The molecule has 0 unspecified atom stereocenters. The fourth-order valence-corrected chi connectivity index (χ4v) is 3.14. The van der Waals surface area contributed by atoms with Crippen molar-refractivity contribution in [2.24, 2.45) is 0 Å². The van der Waals surface area contributed by atoms with Gasteiger partial charge in [0.25, 0.3) is 0 Å². The van der Waals surface area contributed by atoms with Crippen molar-refractivity contribution in [3.8, 4) is 16.9 Å². The minimum absolute atomic E-state index is 0.744. The highest BCUT2D eigenvalue weighted by atomic mass is 15.3. The minimum Gasteiger partial charge on any atom is -0.366 e. The molecule has 4 rings (SSSR count). The zero-order chi connectivity index (χ0) is 18.6. The molecular formula is C23H22N4. The quantitative estimate of drug-likeness (QED) is 0.538. The van der Waals surface area contributed by atoms with Crippen LogP contribution in [-0.2, 0) is 6.54 Å². The van der Waals surface area contributed by atoms with E-state index in [1.807, 2.05) is 42.1 Å². The summed E-state index contributed by atoms with van der Waals surface area (Å²) in [5.41, 5.74) is 6.64. The standard InChI is InChI=1S/C23H22N4/c1-17-7-6-10-21(13-17)27-22(14-18(2)26-27)20-11-12-24-23(15-20)25-16-19-8-4-3-5-9-19/h3-15H,16H2,1-2H3,(H,24,25). The van der Waals surface area contributed by atoms with E-state index < -0.39 is 0 Å². The van der Waals surface area contributed by atoms with Crippen LogP contribution in [-0.4, -0.2) is 14.8 Å². The highest BCUT2D eigenvalue weighted by molar-refractivity contribution is 5.65. The summed E-state index contributed by atoms with van der Waals surface area (Å²) in [5.74, 6) is 0.853. The molecule has 0 bridgehead atoms. The van der Waals surface area contributed by atoms with Crippen LogP contribution in [0.3, 0.4) is 0 Å². The molecule has 2 aromatic heterocycles. The molecule has 1 N–H and O–H groups in total. The van der Waals surface area contributed by atoms with Crippen molar-refractivity contribution in [2.75, 3.05) is 5.32 Å². The molecule has 0 amide bonds. The van der Waals surface area contributed by atoms with E-state index in [1.165, 1.54) is 11.1 Å². The lowest BCUT2D eigenvalue weighted by Crippen LogP contribution is -2.02. The maximum atomic E-state index is 4.70. The molecule has 4 aromatic rings. The summed E-state index contributed by atoms with van der Waals surface area (Å²) in [6, 6.07) is 24.9. The van der Waals surface area contributed by atoms with Crippen LogP contribution in [0.5, 0.6) is 0 Å². The highest BCUT2D eigenvalue weighted by Gasteiger charge is 2.11. The Labute approximate surface area is 159 Å². The number of aryl methyl sites for hydroxylation is 2. The van der Waals surface area contributed by atoms with Crippen LogP contribution < -0.4 is 5.32 Å². The van der Waals surface area contributed by atoms with Crippen LogP contribution in [0, 0.1) is 13.8 Å². The molecule has 4 nitrogen and oxygen atoms in total. The minimum atomic E-state index is 0.744. The van der Waals surface area contributed by atoms with Crippen LogP contribution in [0.2, 0.25) is 0 Å². The van der Waals surface area contributed by atoms with Gasteiger partial charge in [-0.25, -0.2) is 9.67 Å². The van der Waals surface area contributed by atoms with Gasteiger partial charge in [0.2, 0.25) is 0 Å². The Morgan fingerprint density at radius 2 is 1.74 bits per heavy atom. The second-order valence-electron chi connectivity index (χ2n) is 6.69. The van der Waals surface area contributed by atoms with E-state index in [0.717, 1.165) is 35.0 Å². The summed E-state index contributed by atoms with van der Waals surface area (Å²) >= 11 is 0. The van der Waals surface area contributed by atoms with Crippen molar-refractivity contribution in [1.82, 2.24) is 14.8 Å². The zero-order valence-electron chi connectivity index (χ0n) is 15.6. The summed E-state index contributed by atoms with van der Waals surface area (Å²) in [5, 5.41) is 8.10. The van der Waals surface area contributed by atoms with E-state index in [0.29, 0.717) is 0 Å². The first kappa shape index (κ1) is 17.0. The van der Waals surface area contributed by atoms with Gasteiger partial charge in [0, 0.05) is 18.3 Å². The first-order chi connectivity index (χ1) is 13.2. The van der Waals surface area contributed by atoms with Gasteiger partial charge in [-0.1, -0.05) is 42.5 Å². The Kier molecular flexibility index (Phi) is 4.71. The Hall–Kier alpha value is -3.40. The molecule has 27 heavy (non-hydrogen) atoms. The van der Waals surface area contributed by atoms with Crippen molar-refractivity contribution in [3.63, 3.8) is 0 Å². The van der Waals surface area contributed by atoms with Gasteiger partial charge in [-0.05, 0) is 55.3 Å². The van der Waals surface area contributed by atoms with Crippen molar-refractivity contribution in [2.45, 2.75) is 20.4 Å². The Balaban J connectivity index is 1.64. The van der Waals surface area contributed by atoms with Crippen LogP contribution in [0.1, 0.15) is 16.8 Å². The van der Waals surface area contributed by atoms with Gasteiger partial charge in [-0.3, -0.25) is 0 Å². The number of hydrogen-bond acceptors (Lipinski definition) is 3. The van der Waals surface area contributed by atoms with E-state index in [-0.39, 0.29) is 0 Å². The number of benzene rings is 2. The molecule has 0 aliphatic rings. The van der Waals surface area contributed by atoms with Gasteiger partial charge in [0.15, 0.2) is 0 Å². The normalized spacial score (nSPS) is 10.7. The Morgan fingerprint density at radius 1 is 0.889 bits per heavy atom. The van der Waals surface area contributed by atoms with Gasteiger partial charge < -0.3 is 5.32 Å². The highest BCUT2D eigenvalue weighted by Crippen LogP contribution is 2.25. The molecule has 134 valence electrons. The van der Waals surface area contributed by atoms with E-state index in [4.69, 9.17) is 5.10 Å². The van der Waals surface area contributed by atoms with Crippen LogP contribution >= 0.6 is 0 Å². The first-order valence-electron chi connectivity index (χ1n) is 9.07. The predicted octanol–water partition coefficient (Wildman–Crippen LogP) is 5.16. The number of hydrogen-bond donors (Lipinski definition) is 1. The largest absolute Gasteiger partial charge is 0.366 e. The van der Waals surface area contributed by atoms with Gasteiger partial charge in [-0.2, -0.15) is 5.10 Å². The third-order valence-corrected chi connectivity index (χ3v) is 4.45. The Morgan fingerprint density at radius 3 is 2.56 bits per heavy atom. The number of aromatic nitrogens is 3. The number of rotatable bonds is 5. The lowest BCUT2D eigenvalue weighted by Gasteiger charge is -2.10. The Bertz CT molecular complexity index is 1050. The smallest absolute Gasteiger partial charge is 0.126 e. The van der Waals surface area contributed by atoms with E-state index >= 15 is 0 Å². The van der Waals surface area contributed by atoms with Gasteiger partial charge >= 0.3 is 0 Å². The molecule has 2 aromatic carbocycles. The zero-order valence-corrected chi connectivity index (χ0v) is 15.6. The number of nitrogens with zero attached hydrogens (tertiary/aromatic N) is 3. The monoisotopic (exact) mass is 354 g/mol. The van der Waals surface area contributed by atoms with Gasteiger partial charge in [0.1, 0.15) is 5.82 Å². The van der Waals surface area contributed by atoms with E-state index in [9.17, 15) is 0 Å². The molecule has 0 radical (unpaired) electrons. The predicted molar refractivity (Wildman–Crippen MR) is 110 cm³/mol. The second kappa shape index (κ2) is 7.46. The molecule has 0 fully saturated rings. The molecule has 0 aliphatic heterocycles. The van der Waals surface area contributed by atoms with Gasteiger partial charge in [-0.15, -0.1) is 0 Å². The van der Waals surface area contributed by atoms with Crippen LogP contribution in [0.15, 0.2) is 79.0 Å². The molecule has 0 saturated carbocycles. The summed E-state index contributed by atoms with van der Waals surface area (Å²) in [4.78, 5) is 4.46. The van der Waals surface area contributed by atoms with Crippen molar-refractivity contribution in [1.29, 1.82) is 0 Å². The molecule has 0 spiro atoms. The molecule has 0 atom stereocenters. The molecule has 0 saturated heterocycles. The van der Waals surface area contributed by atoms with E-state index in [2.05, 4.69) is 65.8 Å². The number of anilines is 1. The van der Waals surface area contributed by atoms with Crippen molar-refractivity contribution >= 4 is 5.82 Å². The summed E-state index contributed by atoms with van der Waals surface area (Å²) < 4.78 is 2.00. The molecular weight excluding hydrogens is 332 g/mol. The SMILES string of the molecule is Cc1cccc(-n2nc(C)cc2-c2ccnc(NCc3ccccc3)c2)c1. The third kappa shape index (κ3) is 3.90. The average Bonchev–Trinajstić information content (AvgIpc) is 3.09.